The Morgan fingerprint density at radius 2 is 2.12 bits per heavy atom. The summed E-state index contributed by atoms with van der Waals surface area (Å²) in [4.78, 5) is 6.44. The molecule has 1 atom stereocenters. The molecule has 2 rings (SSSR count). The third kappa shape index (κ3) is 8.50. The van der Waals surface area contributed by atoms with E-state index in [9.17, 15) is 0 Å². The molecule has 25 heavy (non-hydrogen) atoms. The van der Waals surface area contributed by atoms with Crippen LogP contribution in [0.25, 0.3) is 0 Å². The van der Waals surface area contributed by atoms with E-state index in [4.69, 9.17) is 4.74 Å². The fourth-order valence-electron chi connectivity index (χ4n) is 2.54. The first-order valence-electron chi connectivity index (χ1n) is 8.60. The summed E-state index contributed by atoms with van der Waals surface area (Å²) in [6, 6.07) is 8.18. The lowest BCUT2D eigenvalue weighted by Crippen LogP contribution is -2.39. The first-order chi connectivity index (χ1) is 11.7. The molecule has 1 aliphatic heterocycles. The Kier molecular flexibility index (Phi) is 11.3. The third-order valence-corrected chi connectivity index (χ3v) is 5.36. The molecule has 0 amide bonds. The molecule has 0 bridgehead atoms. The van der Waals surface area contributed by atoms with Gasteiger partial charge in [0.25, 0.3) is 0 Å². The van der Waals surface area contributed by atoms with Crippen molar-refractivity contribution >= 4 is 41.7 Å². The van der Waals surface area contributed by atoms with Crippen LogP contribution >= 0.6 is 35.7 Å². The molecule has 1 aromatic carbocycles. The summed E-state index contributed by atoms with van der Waals surface area (Å²) in [6.07, 6.45) is 2.64. The maximum Gasteiger partial charge on any atom is 0.191 e. The minimum absolute atomic E-state index is 0. The Balaban J connectivity index is 0.00000312. The summed E-state index contributed by atoms with van der Waals surface area (Å²) >= 11 is 2.05. The Bertz CT molecular complexity index is 522. The van der Waals surface area contributed by atoms with Gasteiger partial charge in [0.05, 0.1) is 0 Å². The summed E-state index contributed by atoms with van der Waals surface area (Å²) in [6.45, 7) is 3.28. The highest BCUT2D eigenvalue weighted by molar-refractivity contribution is 14.0. The second-order valence-corrected chi connectivity index (χ2v) is 7.61. The smallest absolute Gasteiger partial charge is 0.191 e. The van der Waals surface area contributed by atoms with Crippen molar-refractivity contribution in [1.29, 1.82) is 0 Å². The van der Waals surface area contributed by atoms with Gasteiger partial charge in [0.2, 0.25) is 0 Å². The normalized spacial score (nSPS) is 17.3. The molecule has 0 spiro atoms. The quantitative estimate of drug-likeness (QED) is 0.342. The van der Waals surface area contributed by atoms with Crippen LogP contribution in [0.1, 0.15) is 18.4 Å². The number of ether oxygens (including phenoxy) is 1. The number of hydrogen-bond acceptors (Lipinski definition) is 4. The van der Waals surface area contributed by atoms with E-state index in [1.165, 1.54) is 18.6 Å². The Morgan fingerprint density at radius 1 is 1.32 bits per heavy atom. The van der Waals surface area contributed by atoms with E-state index in [2.05, 4.69) is 52.4 Å². The molecule has 1 heterocycles. The Hall–Kier alpha value is -0.670. The first-order valence-corrected chi connectivity index (χ1v) is 9.65. The summed E-state index contributed by atoms with van der Waals surface area (Å²) in [5.41, 5.74) is 1.15. The van der Waals surface area contributed by atoms with Gasteiger partial charge < -0.3 is 20.3 Å². The first kappa shape index (κ1) is 22.4. The molecule has 7 heteroatoms. The average Bonchev–Trinajstić information content (AvgIpc) is 3.09. The van der Waals surface area contributed by atoms with Crippen LogP contribution < -0.4 is 15.4 Å². The van der Waals surface area contributed by atoms with E-state index in [1.54, 1.807) is 0 Å². The van der Waals surface area contributed by atoms with E-state index in [-0.39, 0.29) is 24.0 Å². The number of rotatable bonds is 8. The minimum Gasteiger partial charge on any atom is -0.492 e. The predicted molar refractivity (Wildman–Crippen MR) is 120 cm³/mol. The van der Waals surface area contributed by atoms with Crippen molar-refractivity contribution in [3.8, 4) is 5.75 Å². The van der Waals surface area contributed by atoms with Gasteiger partial charge in [0.1, 0.15) is 12.4 Å². The summed E-state index contributed by atoms with van der Waals surface area (Å²) < 4.78 is 5.91. The number of hydrogen-bond donors (Lipinski definition) is 2. The van der Waals surface area contributed by atoms with Gasteiger partial charge >= 0.3 is 0 Å². The molecule has 1 saturated heterocycles. The monoisotopic (exact) mass is 478 g/mol. The van der Waals surface area contributed by atoms with Gasteiger partial charge in [-0.3, -0.25) is 4.99 Å². The highest BCUT2D eigenvalue weighted by Crippen LogP contribution is 2.25. The van der Waals surface area contributed by atoms with Crippen molar-refractivity contribution < 1.29 is 4.74 Å². The van der Waals surface area contributed by atoms with Gasteiger partial charge in [0, 0.05) is 37.5 Å². The molecule has 0 radical (unpaired) electrons. The summed E-state index contributed by atoms with van der Waals surface area (Å²) in [5.74, 6) is 3.08. The zero-order valence-corrected chi connectivity index (χ0v) is 18.6. The van der Waals surface area contributed by atoms with Crippen molar-refractivity contribution in [2.45, 2.75) is 24.6 Å². The maximum atomic E-state index is 5.91. The third-order valence-electron chi connectivity index (χ3n) is 3.96. The standard InChI is InChI=1S/C18H30N4OS.HI/c1-19-18(21-14-16-8-6-12-24-16)20-13-15-7-4-5-9-17(15)23-11-10-22(2)3;/h4-5,7,9,16H,6,8,10-14H2,1-3H3,(H2,19,20,21);1H. The fraction of sp³-hybridized carbons (Fsp3) is 0.611. The Labute approximate surface area is 173 Å². The maximum absolute atomic E-state index is 5.91. The van der Waals surface area contributed by atoms with Gasteiger partial charge in [-0.1, -0.05) is 18.2 Å². The van der Waals surface area contributed by atoms with Gasteiger partial charge in [0.15, 0.2) is 5.96 Å². The molecule has 142 valence electrons. The average molecular weight is 478 g/mol. The van der Waals surface area contributed by atoms with Gasteiger partial charge in [-0.05, 0) is 38.8 Å². The van der Waals surface area contributed by atoms with E-state index in [0.29, 0.717) is 18.4 Å². The van der Waals surface area contributed by atoms with E-state index >= 15 is 0 Å². The lowest BCUT2D eigenvalue weighted by molar-refractivity contribution is 0.259. The topological polar surface area (TPSA) is 48.9 Å². The largest absolute Gasteiger partial charge is 0.492 e. The van der Waals surface area contributed by atoms with Gasteiger partial charge in [-0.15, -0.1) is 24.0 Å². The van der Waals surface area contributed by atoms with Crippen molar-refractivity contribution in [1.82, 2.24) is 15.5 Å². The second kappa shape index (κ2) is 12.6. The van der Waals surface area contributed by atoms with Crippen LogP contribution in [0.15, 0.2) is 29.3 Å². The van der Waals surface area contributed by atoms with Crippen LogP contribution in [-0.4, -0.2) is 62.7 Å². The molecule has 0 aromatic heterocycles. The highest BCUT2D eigenvalue weighted by Gasteiger charge is 2.15. The van der Waals surface area contributed by atoms with Crippen molar-refractivity contribution in [3.63, 3.8) is 0 Å². The second-order valence-electron chi connectivity index (χ2n) is 6.20. The molecule has 1 unspecified atom stereocenters. The predicted octanol–water partition coefficient (Wildman–Crippen LogP) is 2.81. The van der Waals surface area contributed by atoms with Crippen LogP contribution in [0.5, 0.6) is 5.75 Å². The lowest BCUT2D eigenvalue weighted by Gasteiger charge is -2.17. The van der Waals surface area contributed by atoms with Gasteiger partial charge in [-0.25, -0.2) is 0 Å². The SMILES string of the molecule is CN=C(NCc1ccccc1OCCN(C)C)NCC1CCCS1.I. The highest BCUT2D eigenvalue weighted by atomic mass is 127. The number of thioether (sulfide) groups is 1. The molecule has 0 saturated carbocycles. The number of aliphatic imine (C=N–C) groups is 1. The number of nitrogens with zero attached hydrogens (tertiary/aromatic N) is 2. The Morgan fingerprint density at radius 3 is 2.80 bits per heavy atom. The van der Waals surface area contributed by atoms with E-state index < -0.39 is 0 Å². The van der Waals surface area contributed by atoms with Crippen LogP contribution in [-0.2, 0) is 6.54 Å². The molecule has 0 aliphatic carbocycles. The molecular weight excluding hydrogens is 447 g/mol. The van der Waals surface area contributed by atoms with E-state index in [1.807, 2.05) is 25.2 Å². The number of benzene rings is 1. The van der Waals surface area contributed by atoms with Crippen molar-refractivity contribution in [2.24, 2.45) is 4.99 Å². The zero-order chi connectivity index (χ0) is 17.2. The summed E-state index contributed by atoms with van der Waals surface area (Å²) in [5, 5.41) is 7.53. The van der Waals surface area contributed by atoms with E-state index in [0.717, 1.165) is 30.4 Å². The lowest BCUT2D eigenvalue weighted by atomic mass is 10.2. The number of nitrogens with one attached hydrogen (secondary N) is 2. The molecule has 1 aromatic rings. The molecule has 2 N–H and O–H groups in total. The van der Waals surface area contributed by atoms with Crippen LogP contribution in [0, 0.1) is 0 Å². The zero-order valence-electron chi connectivity index (χ0n) is 15.5. The number of halogens is 1. The van der Waals surface area contributed by atoms with Crippen LogP contribution in [0.4, 0.5) is 0 Å². The van der Waals surface area contributed by atoms with Crippen LogP contribution in [0.3, 0.4) is 0 Å². The number of para-hydroxylation sites is 1. The van der Waals surface area contributed by atoms with Crippen molar-refractivity contribution in [3.05, 3.63) is 29.8 Å². The van der Waals surface area contributed by atoms with Crippen LogP contribution in [0.2, 0.25) is 0 Å². The molecule has 1 fully saturated rings. The molecule has 1 aliphatic rings. The van der Waals surface area contributed by atoms with Gasteiger partial charge in [-0.2, -0.15) is 11.8 Å². The molecular formula is C18H31IN4OS. The minimum atomic E-state index is 0. The number of likely N-dealkylation sites (N-methyl/N-ethyl adjacent to an activating group) is 1. The fourth-order valence-corrected chi connectivity index (χ4v) is 3.75. The molecule has 5 nitrogen and oxygen atoms in total. The number of guanidine groups is 1. The summed E-state index contributed by atoms with van der Waals surface area (Å²) in [7, 11) is 5.92. The van der Waals surface area contributed by atoms with Crippen molar-refractivity contribution in [2.75, 3.05) is 46.6 Å².